The van der Waals surface area contributed by atoms with E-state index in [1.807, 2.05) is 0 Å². The highest BCUT2D eigenvalue weighted by Gasteiger charge is 2.30. The zero-order chi connectivity index (χ0) is 22.4. The number of alkyl halides is 3. The largest absolute Gasteiger partial charge is 0.573 e. The number of benzene rings is 2. The van der Waals surface area contributed by atoms with E-state index in [0.717, 1.165) is 24.3 Å². The van der Waals surface area contributed by atoms with Crippen molar-refractivity contribution in [1.29, 1.82) is 0 Å². The quantitative estimate of drug-likeness (QED) is 0.185. The number of anilines is 1. The van der Waals surface area contributed by atoms with Gasteiger partial charge in [-0.25, -0.2) is 13.1 Å². The lowest BCUT2D eigenvalue weighted by Gasteiger charge is -2.10. The normalized spacial score (nSPS) is 12.4. The van der Waals surface area contributed by atoms with Gasteiger partial charge in [-0.3, -0.25) is 15.1 Å². The molecule has 0 atom stereocenters. The number of sulfonamides is 1. The SMILES string of the molecule is NC(=NCCNS(=O)(=O)c1cccc([N+](=O)[O-])c1)Nc1ccc(OC(F)(F)F)cc1. The highest BCUT2D eigenvalue weighted by molar-refractivity contribution is 7.89. The molecule has 10 nitrogen and oxygen atoms in total. The number of aliphatic imine (C=N–C) groups is 1. The van der Waals surface area contributed by atoms with Crippen LogP contribution in [-0.4, -0.2) is 38.8 Å². The van der Waals surface area contributed by atoms with Crippen molar-refractivity contribution in [2.75, 3.05) is 18.4 Å². The van der Waals surface area contributed by atoms with Crippen molar-refractivity contribution in [3.05, 3.63) is 58.6 Å². The second-order valence-corrected chi connectivity index (χ2v) is 7.38. The van der Waals surface area contributed by atoms with Crippen LogP contribution in [0.4, 0.5) is 24.5 Å². The number of guanidine groups is 1. The Morgan fingerprint density at radius 3 is 2.47 bits per heavy atom. The topological polar surface area (TPSA) is 149 Å². The first kappa shape index (κ1) is 22.9. The van der Waals surface area contributed by atoms with Crippen molar-refractivity contribution in [3.63, 3.8) is 0 Å². The number of nitro groups is 1. The van der Waals surface area contributed by atoms with Gasteiger partial charge in [-0.2, -0.15) is 0 Å². The Labute approximate surface area is 168 Å². The fourth-order valence-corrected chi connectivity index (χ4v) is 3.19. The first-order valence-corrected chi connectivity index (χ1v) is 9.61. The van der Waals surface area contributed by atoms with Crippen molar-refractivity contribution < 1.29 is 31.2 Å². The van der Waals surface area contributed by atoms with Gasteiger partial charge in [-0.15, -0.1) is 13.2 Å². The molecular weight excluding hydrogens is 431 g/mol. The number of hydrogen-bond acceptors (Lipinski definition) is 6. The third-order valence-electron chi connectivity index (χ3n) is 3.39. The number of nitro benzene ring substituents is 1. The molecule has 0 aromatic heterocycles. The first-order chi connectivity index (χ1) is 14.0. The van der Waals surface area contributed by atoms with Gasteiger partial charge >= 0.3 is 6.36 Å². The van der Waals surface area contributed by atoms with Crippen LogP contribution in [0.1, 0.15) is 0 Å². The molecule has 0 spiro atoms. The van der Waals surface area contributed by atoms with Crippen LogP contribution in [0.15, 0.2) is 58.4 Å². The van der Waals surface area contributed by atoms with E-state index in [-0.39, 0.29) is 29.6 Å². The molecule has 2 aromatic rings. The molecule has 0 saturated carbocycles. The summed E-state index contributed by atoms with van der Waals surface area (Å²) in [4.78, 5) is 13.6. The van der Waals surface area contributed by atoms with Crippen LogP contribution in [0.25, 0.3) is 0 Å². The van der Waals surface area contributed by atoms with Gasteiger partial charge in [0.15, 0.2) is 5.96 Å². The maximum Gasteiger partial charge on any atom is 0.573 e. The van der Waals surface area contributed by atoms with Crippen LogP contribution < -0.4 is 20.5 Å². The maximum absolute atomic E-state index is 12.2. The molecule has 0 amide bonds. The summed E-state index contributed by atoms with van der Waals surface area (Å²) in [5, 5.41) is 13.4. The van der Waals surface area contributed by atoms with Gasteiger partial charge in [0.1, 0.15) is 5.75 Å². The van der Waals surface area contributed by atoms with Crippen LogP contribution in [-0.2, 0) is 10.0 Å². The lowest BCUT2D eigenvalue weighted by molar-refractivity contribution is -0.385. The molecule has 162 valence electrons. The highest BCUT2D eigenvalue weighted by Crippen LogP contribution is 2.23. The number of halogens is 3. The average Bonchev–Trinajstić information content (AvgIpc) is 2.66. The monoisotopic (exact) mass is 447 g/mol. The van der Waals surface area contributed by atoms with Gasteiger partial charge in [-0.05, 0) is 30.3 Å². The van der Waals surface area contributed by atoms with Gasteiger partial charge in [0.05, 0.1) is 16.4 Å². The minimum Gasteiger partial charge on any atom is -0.406 e. The van der Waals surface area contributed by atoms with Crippen molar-refractivity contribution in [2.24, 2.45) is 10.7 Å². The lowest BCUT2D eigenvalue weighted by Crippen LogP contribution is -2.28. The van der Waals surface area contributed by atoms with Crippen molar-refractivity contribution >= 4 is 27.4 Å². The minimum atomic E-state index is -4.80. The van der Waals surface area contributed by atoms with Crippen LogP contribution in [0.3, 0.4) is 0 Å². The molecule has 4 N–H and O–H groups in total. The summed E-state index contributed by atoms with van der Waals surface area (Å²) < 4.78 is 66.6. The van der Waals surface area contributed by atoms with Gasteiger partial charge < -0.3 is 15.8 Å². The molecule has 0 saturated heterocycles. The third kappa shape index (κ3) is 7.21. The van der Waals surface area contributed by atoms with E-state index in [1.165, 1.54) is 24.3 Å². The third-order valence-corrected chi connectivity index (χ3v) is 4.84. The number of hydrogen-bond donors (Lipinski definition) is 3. The van der Waals surface area contributed by atoms with E-state index in [0.29, 0.717) is 5.69 Å². The molecule has 0 aliphatic rings. The molecule has 0 fully saturated rings. The molecule has 0 aliphatic heterocycles. The minimum absolute atomic E-state index is 0.0672. The standard InChI is InChI=1S/C16H16F3N5O5S/c17-16(18,19)29-13-6-4-11(5-7-13)23-15(20)21-8-9-22-30(27,28)14-3-1-2-12(10-14)24(25)26/h1-7,10,22H,8-9H2,(H3,20,21,23). The summed E-state index contributed by atoms with van der Waals surface area (Å²) in [6.07, 6.45) is -4.80. The van der Waals surface area contributed by atoms with Crippen molar-refractivity contribution in [3.8, 4) is 5.75 Å². The average molecular weight is 447 g/mol. The summed E-state index contributed by atoms with van der Waals surface area (Å²) in [7, 11) is -3.98. The van der Waals surface area contributed by atoms with Crippen LogP contribution in [0.2, 0.25) is 0 Å². The smallest absolute Gasteiger partial charge is 0.406 e. The van der Waals surface area contributed by atoms with E-state index in [2.05, 4.69) is 19.8 Å². The number of nitrogens with one attached hydrogen (secondary N) is 2. The maximum atomic E-state index is 12.2. The first-order valence-electron chi connectivity index (χ1n) is 8.13. The molecule has 0 aliphatic carbocycles. The van der Waals surface area contributed by atoms with E-state index in [1.54, 1.807) is 0 Å². The molecule has 2 rings (SSSR count). The molecule has 2 aromatic carbocycles. The fraction of sp³-hybridized carbons (Fsp3) is 0.188. The zero-order valence-corrected chi connectivity index (χ0v) is 15.9. The second kappa shape index (κ2) is 9.41. The van der Waals surface area contributed by atoms with Gasteiger partial charge in [0.25, 0.3) is 5.69 Å². The van der Waals surface area contributed by atoms with Crippen molar-refractivity contribution in [2.45, 2.75) is 11.3 Å². The predicted molar refractivity (Wildman–Crippen MR) is 102 cm³/mol. The van der Waals surface area contributed by atoms with Gasteiger partial charge in [0.2, 0.25) is 10.0 Å². The molecule has 30 heavy (non-hydrogen) atoms. The van der Waals surface area contributed by atoms with E-state index in [9.17, 15) is 31.7 Å². The van der Waals surface area contributed by atoms with Crippen LogP contribution in [0, 0.1) is 10.1 Å². The van der Waals surface area contributed by atoms with Crippen LogP contribution >= 0.6 is 0 Å². The highest BCUT2D eigenvalue weighted by atomic mass is 32.2. The van der Waals surface area contributed by atoms with E-state index >= 15 is 0 Å². The summed E-state index contributed by atoms with van der Waals surface area (Å²) in [5.41, 5.74) is 5.61. The molecule has 0 bridgehead atoms. The summed E-state index contributed by atoms with van der Waals surface area (Å²) in [6.45, 7) is -0.214. The molecule has 0 unspecified atom stereocenters. The second-order valence-electron chi connectivity index (χ2n) is 5.62. The fourth-order valence-electron chi connectivity index (χ4n) is 2.13. The Bertz CT molecular complexity index is 1030. The Morgan fingerprint density at radius 2 is 1.87 bits per heavy atom. The van der Waals surface area contributed by atoms with Gasteiger partial charge in [0, 0.05) is 24.4 Å². The number of nitrogens with zero attached hydrogens (tertiary/aromatic N) is 2. The number of ether oxygens (including phenoxy) is 1. The number of nitrogens with two attached hydrogens (primary N) is 1. The number of non-ortho nitro benzene ring substituents is 1. The summed E-state index contributed by atoms with van der Waals surface area (Å²) in [5.74, 6) is -0.506. The Morgan fingerprint density at radius 1 is 1.20 bits per heavy atom. The molecule has 0 heterocycles. The zero-order valence-electron chi connectivity index (χ0n) is 15.1. The number of rotatable bonds is 8. The molecular formula is C16H16F3N5O5S. The van der Waals surface area contributed by atoms with E-state index < -0.39 is 27.1 Å². The molecule has 14 heteroatoms. The van der Waals surface area contributed by atoms with Gasteiger partial charge in [-0.1, -0.05) is 6.07 Å². The lowest BCUT2D eigenvalue weighted by atomic mass is 10.3. The summed E-state index contributed by atoms with van der Waals surface area (Å²) >= 11 is 0. The Hall–Kier alpha value is -3.39. The predicted octanol–water partition coefficient (Wildman–Crippen LogP) is 2.20. The van der Waals surface area contributed by atoms with Crippen molar-refractivity contribution in [1.82, 2.24) is 4.72 Å². The van der Waals surface area contributed by atoms with E-state index in [4.69, 9.17) is 5.73 Å². The Balaban J connectivity index is 1.87. The Kier molecular flexibility index (Phi) is 7.18. The summed E-state index contributed by atoms with van der Waals surface area (Å²) in [6, 6.07) is 9.28. The van der Waals surface area contributed by atoms with Crippen LogP contribution in [0.5, 0.6) is 5.75 Å². The molecule has 0 radical (unpaired) electrons.